The van der Waals surface area contributed by atoms with Crippen LogP contribution in [0.1, 0.15) is 23.6 Å². The highest BCUT2D eigenvalue weighted by molar-refractivity contribution is 7.89. The Morgan fingerprint density at radius 2 is 1.73 bits per heavy atom. The molecule has 0 saturated heterocycles. The third-order valence-corrected chi connectivity index (χ3v) is 7.24. The minimum atomic E-state index is -3.60. The molecule has 30 heavy (non-hydrogen) atoms. The zero-order chi connectivity index (χ0) is 21.1. The van der Waals surface area contributed by atoms with Crippen LogP contribution in [0.15, 0.2) is 77.7 Å². The molecule has 1 aliphatic heterocycles. The van der Waals surface area contributed by atoms with Gasteiger partial charge < -0.3 is 4.90 Å². The van der Waals surface area contributed by atoms with E-state index in [1.165, 1.54) is 5.56 Å². The summed E-state index contributed by atoms with van der Waals surface area (Å²) in [7, 11) is -3.60. The molecule has 0 radical (unpaired) electrons. The summed E-state index contributed by atoms with van der Waals surface area (Å²) in [5, 5.41) is 0.659. The summed E-state index contributed by atoms with van der Waals surface area (Å²) in [6.07, 6.45) is 1.48. The molecule has 0 aliphatic carbocycles. The van der Waals surface area contributed by atoms with Crippen LogP contribution in [0.25, 0.3) is 0 Å². The van der Waals surface area contributed by atoms with Crippen molar-refractivity contribution in [3.05, 3.63) is 94.5 Å². The number of nitrogens with zero attached hydrogens (tertiary/aromatic N) is 1. The third-order valence-electron chi connectivity index (χ3n) is 5.47. The van der Waals surface area contributed by atoms with Crippen molar-refractivity contribution < 1.29 is 8.42 Å². The highest BCUT2D eigenvalue weighted by atomic mass is 35.5. The fraction of sp³-hybridized carbons (Fsp3) is 0.250. The fourth-order valence-electron chi connectivity index (χ4n) is 3.94. The van der Waals surface area contributed by atoms with Crippen molar-refractivity contribution in [2.24, 2.45) is 0 Å². The number of nitrogens with one attached hydrogen (secondary N) is 1. The van der Waals surface area contributed by atoms with E-state index in [1.807, 2.05) is 55.5 Å². The number of aryl methyl sites for hydroxylation is 1. The van der Waals surface area contributed by atoms with Crippen molar-refractivity contribution in [1.82, 2.24) is 4.72 Å². The van der Waals surface area contributed by atoms with Gasteiger partial charge >= 0.3 is 0 Å². The number of benzene rings is 3. The highest BCUT2D eigenvalue weighted by Crippen LogP contribution is 2.31. The third kappa shape index (κ3) is 4.69. The van der Waals surface area contributed by atoms with Crippen molar-refractivity contribution in [3.63, 3.8) is 0 Å². The van der Waals surface area contributed by atoms with Gasteiger partial charge in [0.15, 0.2) is 0 Å². The van der Waals surface area contributed by atoms with Crippen LogP contribution in [-0.2, 0) is 29.4 Å². The van der Waals surface area contributed by atoms with E-state index < -0.39 is 10.0 Å². The lowest BCUT2D eigenvalue weighted by atomic mass is 9.98. The molecule has 1 unspecified atom stereocenters. The predicted octanol–water partition coefficient (Wildman–Crippen LogP) is 4.81. The number of anilines is 1. The normalized spacial score (nSPS) is 16.3. The van der Waals surface area contributed by atoms with E-state index in [-0.39, 0.29) is 6.04 Å². The van der Waals surface area contributed by atoms with Gasteiger partial charge in [-0.2, -0.15) is 0 Å². The lowest BCUT2D eigenvalue weighted by Gasteiger charge is -2.36. The molecule has 3 aromatic carbocycles. The van der Waals surface area contributed by atoms with Gasteiger partial charge in [0, 0.05) is 29.8 Å². The van der Waals surface area contributed by atoms with E-state index in [4.69, 9.17) is 11.6 Å². The molecule has 0 saturated carbocycles. The summed E-state index contributed by atoms with van der Waals surface area (Å²) >= 11 is 6.23. The van der Waals surface area contributed by atoms with Crippen LogP contribution < -0.4 is 9.62 Å². The first kappa shape index (κ1) is 20.9. The maximum absolute atomic E-state index is 13.0. The minimum absolute atomic E-state index is 0.240. The molecule has 6 heteroatoms. The molecule has 1 N–H and O–H groups in total. The Morgan fingerprint density at radius 1 is 1.00 bits per heavy atom. The van der Waals surface area contributed by atoms with Gasteiger partial charge in [-0.25, -0.2) is 13.1 Å². The first-order valence-electron chi connectivity index (χ1n) is 10.1. The van der Waals surface area contributed by atoms with E-state index in [0.29, 0.717) is 29.4 Å². The number of halogens is 1. The molecule has 156 valence electrons. The second kappa shape index (κ2) is 8.80. The molecule has 0 amide bonds. The Kier molecular flexibility index (Phi) is 6.14. The maximum atomic E-state index is 13.0. The van der Waals surface area contributed by atoms with E-state index in [9.17, 15) is 8.42 Å². The second-order valence-electron chi connectivity index (χ2n) is 7.66. The highest BCUT2D eigenvalue weighted by Gasteiger charge is 2.28. The Labute approximate surface area is 183 Å². The number of rotatable bonds is 6. The van der Waals surface area contributed by atoms with Crippen LogP contribution in [-0.4, -0.2) is 21.0 Å². The predicted molar refractivity (Wildman–Crippen MR) is 123 cm³/mol. The summed E-state index contributed by atoms with van der Waals surface area (Å²) in [5.74, 6) is 0. The fourth-order valence-corrected chi connectivity index (χ4v) is 5.37. The first-order chi connectivity index (χ1) is 14.4. The van der Waals surface area contributed by atoms with Gasteiger partial charge in [-0.15, -0.1) is 0 Å². The minimum Gasteiger partial charge on any atom is -0.365 e. The molecule has 1 atom stereocenters. The zero-order valence-corrected chi connectivity index (χ0v) is 18.5. The molecule has 4 nitrogen and oxygen atoms in total. The van der Waals surface area contributed by atoms with E-state index in [2.05, 4.69) is 21.8 Å². The van der Waals surface area contributed by atoms with E-state index >= 15 is 0 Å². The zero-order valence-electron chi connectivity index (χ0n) is 16.9. The SMILES string of the molecule is CCc1ccc(S(=O)(=O)NC2Cc3cc(Cl)ccc3N(Cc3ccccc3)C2)cc1. The largest absolute Gasteiger partial charge is 0.365 e. The van der Waals surface area contributed by atoms with Gasteiger partial charge in [0.05, 0.1) is 4.90 Å². The Bertz CT molecular complexity index is 1120. The molecule has 0 aromatic heterocycles. The van der Waals surface area contributed by atoms with Gasteiger partial charge in [0.25, 0.3) is 0 Å². The van der Waals surface area contributed by atoms with Crippen molar-refractivity contribution in [1.29, 1.82) is 0 Å². The van der Waals surface area contributed by atoms with Crippen molar-refractivity contribution in [2.75, 3.05) is 11.4 Å². The quantitative estimate of drug-likeness (QED) is 0.598. The summed E-state index contributed by atoms with van der Waals surface area (Å²) in [6.45, 7) is 3.35. The average molecular weight is 441 g/mol. The second-order valence-corrected chi connectivity index (χ2v) is 9.81. The van der Waals surface area contributed by atoms with E-state index in [1.54, 1.807) is 12.1 Å². The van der Waals surface area contributed by atoms with Gasteiger partial charge in [-0.3, -0.25) is 0 Å². The topological polar surface area (TPSA) is 49.4 Å². The van der Waals surface area contributed by atoms with Gasteiger partial charge in [0.2, 0.25) is 10.0 Å². The number of fused-ring (bicyclic) bond motifs is 1. The lowest BCUT2D eigenvalue weighted by Crippen LogP contribution is -2.48. The summed E-state index contributed by atoms with van der Waals surface area (Å²) in [4.78, 5) is 2.52. The monoisotopic (exact) mass is 440 g/mol. The lowest BCUT2D eigenvalue weighted by molar-refractivity contribution is 0.524. The van der Waals surface area contributed by atoms with Crippen LogP contribution in [0.2, 0.25) is 5.02 Å². The summed E-state index contributed by atoms with van der Waals surface area (Å²) in [6, 6.07) is 22.9. The molecular weight excluding hydrogens is 416 g/mol. The van der Waals surface area contributed by atoms with Crippen LogP contribution >= 0.6 is 11.6 Å². The Hall–Kier alpha value is -2.34. The molecule has 0 fully saturated rings. The van der Waals surface area contributed by atoms with Crippen LogP contribution in [0, 0.1) is 0 Å². The smallest absolute Gasteiger partial charge is 0.240 e. The number of hydrogen-bond donors (Lipinski definition) is 1. The number of sulfonamides is 1. The molecule has 0 bridgehead atoms. The standard InChI is InChI=1S/C24H25ClN2O2S/c1-2-18-8-11-23(12-9-18)30(28,29)26-22-15-20-14-21(25)10-13-24(20)27(17-22)16-19-6-4-3-5-7-19/h3-14,22,26H,2,15-17H2,1H3. The average Bonchev–Trinajstić information content (AvgIpc) is 2.74. The Balaban J connectivity index is 1.59. The van der Waals surface area contributed by atoms with Gasteiger partial charge in [-0.1, -0.05) is 61.0 Å². The molecule has 0 spiro atoms. The van der Waals surface area contributed by atoms with Gasteiger partial charge in [0.1, 0.15) is 0 Å². The molecule has 1 heterocycles. The molecular formula is C24H25ClN2O2S. The molecule has 4 rings (SSSR count). The van der Waals surface area contributed by atoms with Crippen LogP contribution in [0.5, 0.6) is 0 Å². The first-order valence-corrected chi connectivity index (χ1v) is 12.0. The number of hydrogen-bond acceptors (Lipinski definition) is 3. The van der Waals surface area contributed by atoms with Crippen LogP contribution in [0.4, 0.5) is 5.69 Å². The van der Waals surface area contributed by atoms with Crippen molar-refractivity contribution >= 4 is 27.3 Å². The van der Waals surface area contributed by atoms with Crippen LogP contribution in [0.3, 0.4) is 0 Å². The molecule has 3 aromatic rings. The van der Waals surface area contributed by atoms with Crippen molar-refractivity contribution in [3.8, 4) is 0 Å². The molecule has 1 aliphatic rings. The van der Waals surface area contributed by atoms with Gasteiger partial charge in [-0.05, 0) is 59.9 Å². The Morgan fingerprint density at radius 3 is 2.43 bits per heavy atom. The maximum Gasteiger partial charge on any atom is 0.240 e. The summed E-state index contributed by atoms with van der Waals surface area (Å²) in [5.41, 5.74) is 4.45. The van der Waals surface area contributed by atoms with E-state index in [0.717, 1.165) is 23.2 Å². The van der Waals surface area contributed by atoms with Crippen molar-refractivity contribution in [2.45, 2.75) is 37.2 Å². The summed E-state index contributed by atoms with van der Waals surface area (Å²) < 4.78 is 28.9.